The highest BCUT2D eigenvalue weighted by molar-refractivity contribution is 5.83. The van der Waals surface area contributed by atoms with Gasteiger partial charge in [-0.05, 0) is 43.0 Å². The predicted octanol–water partition coefficient (Wildman–Crippen LogP) is 2.01. The van der Waals surface area contributed by atoms with E-state index in [1.165, 1.54) is 12.1 Å². The number of hydrogen-bond acceptors (Lipinski definition) is 3. The molecule has 2 aliphatic heterocycles. The summed E-state index contributed by atoms with van der Waals surface area (Å²) in [6, 6.07) is 5.28. The number of nitrogens with one attached hydrogen (secondary N) is 1. The van der Waals surface area contributed by atoms with Crippen LogP contribution in [0.1, 0.15) is 24.0 Å². The second kappa shape index (κ2) is 5.62. The maximum Gasteiger partial charge on any atom is 0.140 e. The summed E-state index contributed by atoms with van der Waals surface area (Å²) >= 11 is 0. The van der Waals surface area contributed by atoms with Crippen molar-refractivity contribution in [2.45, 2.75) is 38.3 Å². The number of ketones is 1. The smallest absolute Gasteiger partial charge is 0.140 e. The van der Waals surface area contributed by atoms with Crippen LogP contribution in [-0.2, 0) is 16.0 Å². The molecule has 4 heteroatoms. The SMILES string of the molecule is Cc1cc(F)ccc1CC(=O)C1CC2COCC(C1)N2. The van der Waals surface area contributed by atoms with Gasteiger partial charge in [0.1, 0.15) is 11.6 Å². The third kappa shape index (κ3) is 2.91. The van der Waals surface area contributed by atoms with Crippen molar-refractivity contribution >= 4 is 5.78 Å². The van der Waals surface area contributed by atoms with E-state index in [0.717, 1.165) is 24.0 Å². The van der Waals surface area contributed by atoms with Crippen molar-refractivity contribution < 1.29 is 13.9 Å². The monoisotopic (exact) mass is 277 g/mol. The number of ether oxygens (including phenoxy) is 1. The number of morpholine rings is 1. The van der Waals surface area contributed by atoms with Gasteiger partial charge in [-0.3, -0.25) is 4.79 Å². The van der Waals surface area contributed by atoms with E-state index >= 15 is 0 Å². The van der Waals surface area contributed by atoms with Gasteiger partial charge >= 0.3 is 0 Å². The summed E-state index contributed by atoms with van der Waals surface area (Å²) in [6.07, 6.45) is 2.13. The van der Waals surface area contributed by atoms with Crippen LogP contribution in [0.25, 0.3) is 0 Å². The van der Waals surface area contributed by atoms with E-state index in [2.05, 4.69) is 5.32 Å². The molecule has 108 valence electrons. The highest BCUT2D eigenvalue weighted by Gasteiger charge is 2.34. The first-order chi connectivity index (χ1) is 9.61. The molecule has 2 aliphatic rings. The summed E-state index contributed by atoms with van der Waals surface area (Å²) in [5, 5.41) is 3.49. The van der Waals surface area contributed by atoms with E-state index in [4.69, 9.17) is 4.74 Å². The van der Waals surface area contributed by atoms with E-state index in [9.17, 15) is 9.18 Å². The Balaban J connectivity index is 1.67. The van der Waals surface area contributed by atoms with Crippen LogP contribution in [0.15, 0.2) is 18.2 Å². The highest BCUT2D eigenvalue weighted by Crippen LogP contribution is 2.26. The lowest BCUT2D eigenvalue weighted by Crippen LogP contribution is -2.55. The maximum atomic E-state index is 13.1. The fourth-order valence-corrected chi connectivity index (χ4v) is 3.29. The fraction of sp³-hybridized carbons (Fsp3) is 0.562. The minimum atomic E-state index is -0.243. The number of rotatable bonds is 3. The molecule has 0 amide bonds. The Labute approximate surface area is 118 Å². The Kier molecular flexibility index (Phi) is 3.85. The minimum Gasteiger partial charge on any atom is -0.378 e. The lowest BCUT2D eigenvalue weighted by molar-refractivity contribution is -0.125. The zero-order valence-corrected chi connectivity index (χ0v) is 11.7. The summed E-state index contributed by atoms with van der Waals surface area (Å²) in [4.78, 5) is 12.5. The lowest BCUT2D eigenvalue weighted by atomic mass is 9.82. The average Bonchev–Trinajstić information content (AvgIpc) is 2.41. The maximum absolute atomic E-state index is 13.1. The first-order valence-corrected chi connectivity index (χ1v) is 7.23. The van der Waals surface area contributed by atoms with Gasteiger partial charge < -0.3 is 10.1 Å². The molecule has 2 saturated heterocycles. The van der Waals surface area contributed by atoms with Gasteiger partial charge in [-0.15, -0.1) is 0 Å². The van der Waals surface area contributed by atoms with Crippen LogP contribution in [0.5, 0.6) is 0 Å². The normalized spacial score (nSPS) is 29.2. The first-order valence-electron chi connectivity index (χ1n) is 7.23. The third-order valence-corrected chi connectivity index (χ3v) is 4.37. The Bertz CT molecular complexity index is 505. The molecule has 0 spiro atoms. The van der Waals surface area contributed by atoms with Crippen molar-refractivity contribution in [3.05, 3.63) is 35.1 Å². The Morgan fingerprint density at radius 3 is 2.70 bits per heavy atom. The van der Waals surface area contributed by atoms with Crippen molar-refractivity contribution in [2.24, 2.45) is 5.92 Å². The summed E-state index contributed by atoms with van der Waals surface area (Å²) in [5.74, 6) is 0.143. The van der Waals surface area contributed by atoms with Gasteiger partial charge in [0.05, 0.1) is 13.2 Å². The summed E-state index contributed by atoms with van der Waals surface area (Å²) < 4.78 is 18.6. The van der Waals surface area contributed by atoms with Crippen LogP contribution in [0.2, 0.25) is 0 Å². The van der Waals surface area contributed by atoms with Crippen LogP contribution in [0, 0.1) is 18.7 Å². The number of Topliss-reactive ketones (excluding diaryl/α,β-unsaturated/α-hetero) is 1. The lowest BCUT2D eigenvalue weighted by Gasteiger charge is -2.39. The zero-order valence-electron chi connectivity index (χ0n) is 11.7. The number of piperidine rings is 1. The highest BCUT2D eigenvalue weighted by atomic mass is 19.1. The van der Waals surface area contributed by atoms with Gasteiger partial charge in [0.2, 0.25) is 0 Å². The van der Waals surface area contributed by atoms with Gasteiger partial charge in [-0.1, -0.05) is 6.07 Å². The van der Waals surface area contributed by atoms with Crippen molar-refractivity contribution in [3.8, 4) is 0 Å². The van der Waals surface area contributed by atoms with Crippen molar-refractivity contribution in [1.82, 2.24) is 5.32 Å². The molecule has 0 radical (unpaired) electrons. The van der Waals surface area contributed by atoms with Crippen LogP contribution >= 0.6 is 0 Å². The Hall–Kier alpha value is -1.26. The molecule has 2 heterocycles. The molecular weight excluding hydrogens is 257 g/mol. The number of hydrogen-bond donors (Lipinski definition) is 1. The topological polar surface area (TPSA) is 38.3 Å². The predicted molar refractivity (Wildman–Crippen MR) is 74.1 cm³/mol. The van der Waals surface area contributed by atoms with Gasteiger partial charge in [0.15, 0.2) is 0 Å². The molecule has 1 aromatic rings. The molecule has 3 nitrogen and oxygen atoms in total. The van der Waals surface area contributed by atoms with Crippen molar-refractivity contribution in [3.63, 3.8) is 0 Å². The standard InChI is InChI=1S/C16H20FNO2/c1-10-4-13(17)3-2-11(10)7-16(19)12-5-14-8-20-9-15(6-12)18-14/h2-4,12,14-15,18H,5-9H2,1H3. The average molecular weight is 277 g/mol. The van der Waals surface area contributed by atoms with Gasteiger partial charge in [-0.2, -0.15) is 0 Å². The van der Waals surface area contributed by atoms with Gasteiger partial charge in [0.25, 0.3) is 0 Å². The van der Waals surface area contributed by atoms with E-state index in [0.29, 0.717) is 31.7 Å². The van der Waals surface area contributed by atoms with Gasteiger partial charge in [0, 0.05) is 24.4 Å². The third-order valence-electron chi connectivity index (χ3n) is 4.37. The van der Waals surface area contributed by atoms with Gasteiger partial charge in [-0.25, -0.2) is 4.39 Å². The molecule has 2 fully saturated rings. The van der Waals surface area contributed by atoms with Crippen LogP contribution < -0.4 is 5.32 Å². The van der Waals surface area contributed by atoms with E-state index in [-0.39, 0.29) is 17.5 Å². The molecule has 2 unspecified atom stereocenters. The van der Waals surface area contributed by atoms with Crippen molar-refractivity contribution in [1.29, 1.82) is 0 Å². The molecule has 0 aliphatic carbocycles. The van der Waals surface area contributed by atoms with Crippen LogP contribution in [0.3, 0.4) is 0 Å². The van der Waals surface area contributed by atoms with Crippen molar-refractivity contribution in [2.75, 3.05) is 13.2 Å². The minimum absolute atomic E-state index is 0.111. The number of halogens is 1. The molecule has 1 N–H and O–H groups in total. The Morgan fingerprint density at radius 1 is 1.35 bits per heavy atom. The first kappa shape index (κ1) is 13.7. The summed E-state index contributed by atoms with van der Waals surface area (Å²) in [7, 11) is 0. The second-order valence-corrected chi connectivity index (χ2v) is 5.98. The molecule has 0 aromatic heterocycles. The molecule has 2 bridgehead atoms. The summed E-state index contributed by atoms with van der Waals surface area (Å²) in [5.41, 5.74) is 1.80. The van der Waals surface area contributed by atoms with E-state index in [1.54, 1.807) is 6.07 Å². The number of carbonyl (C=O) groups is 1. The number of fused-ring (bicyclic) bond motifs is 2. The van der Waals surface area contributed by atoms with E-state index < -0.39 is 0 Å². The molecule has 0 saturated carbocycles. The molecule has 1 aromatic carbocycles. The van der Waals surface area contributed by atoms with E-state index in [1.807, 2.05) is 6.92 Å². The summed E-state index contributed by atoms with van der Waals surface area (Å²) in [6.45, 7) is 3.27. The quantitative estimate of drug-likeness (QED) is 0.918. The number of carbonyl (C=O) groups excluding carboxylic acids is 1. The number of aryl methyl sites for hydroxylation is 1. The molecular formula is C16H20FNO2. The molecule has 3 rings (SSSR count). The largest absolute Gasteiger partial charge is 0.378 e. The molecule has 2 atom stereocenters. The molecule has 20 heavy (non-hydrogen) atoms. The zero-order chi connectivity index (χ0) is 14.1. The fourth-order valence-electron chi connectivity index (χ4n) is 3.29. The van der Waals surface area contributed by atoms with Crippen LogP contribution in [-0.4, -0.2) is 31.1 Å². The second-order valence-electron chi connectivity index (χ2n) is 5.98. The number of benzene rings is 1. The Morgan fingerprint density at radius 2 is 2.05 bits per heavy atom. The van der Waals surface area contributed by atoms with Crippen LogP contribution in [0.4, 0.5) is 4.39 Å².